The molecular formula is C12H16BrN3O5S. The first kappa shape index (κ1) is 17.0. The molecule has 122 valence electrons. The number of likely N-dealkylation sites (N-methyl/N-ethyl adjacent to an activating group) is 1. The number of ether oxygens (including phenoxy) is 2. The Morgan fingerprint density at radius 1 is 1.55 bits per heavy atom. The molecule has 0 spiro atoms. The lowest BCUT2D eigenvalue weighted by Crippen LogP contribution is -2.42. The van der Waals surface area contributed by atoms with Crippen LogP contribution in [0.25, 0.3) is 0 Å². The van der Waals surface area contributed by atoms with Crippen molar-refractivity contribution < 1.29 is 22.7 Å². The van der Waals surface area contributed by atoms with Gasteiger partial charge in [0.1, 0.15) is 12.6 Å². The monoisotopic (exact) mass is 393 g/mol. The molecule has 1 aromatic heterocycles. The molecule has 1 fully saturated rings. The first-order chi connectivity index (χ1) is 10.3. The number of pyridine rings is 1. The first-order valence-corrected chi connectivity index (χ1v) is 8.55. The van der Waals surface area contributed by atoms with E-state index in [9.17, 15) is 13.2 Å². The Bertz CT molecular complexity index is 681. The Labute approximate surface area is 137 Å². The lowest BCUT2D eigenvalue weighted by Gasteiger charge is -2.20. The molecule has 1 atom stereocenters. The van der Waals surface area contributed by atoms with Crippen LogP contribution in [0.1, 0.15) is 5.56 Å². The van der Waals surface area contributed by atoms with Crippen LogP contribution in [0.5, 0.6) is 5.88 Å². The minimum atomic E-state index is -3.87. The Kier molecular flexibility index (Phi) is 4.93. The molecule has 8 nitrogen and oxygen atoms in total. The number of hydrogen-bond donors (Lipinski definition) is 0. The highest BCUT2D eigenvalue weighted by atomic mass is 79.9. The van der Waals surface area contributed by atoms with Gasteiger partial charge in [-0.3, -0.25) is 0 Å². The molecule has 0 saturated carbocycles. The van der Waals surface area contributed by atoms with Gasteiger partial charge in [0.25, 0.3) is 0 Å². The van der Waals surface area contributed by atoms with Gasteiger partial charge >= 0.3 is 16.3 Å². The number of aryl methyl sites for hydroxylation is 1. The summed E-state index contributed by atoms with van der Waals surface area (Å²) in [6, 6.07) is 1.15. The van der Waals surface area contributed by atoms with Gasteiger partial charge in [-0.2, -0.15) is 17.0 Å². The Balaban J connectivity index is 2.16. The van der Waals surface area contributed by atoms with Crippen LogP contribution >= 0.6 is 15.9 Å². The third-order valence-corrected chi connectivity index (χ3v) is 5.60. The maximum atomic E-state index is 12.1. The van der Waals surface area contributed by atoms with Gasteiger partial charge in [-0.05, 0) is 34.5 Å². The molecule has 0 unspecified atom stereocenters. The van der Waals surface area contributed by atoms with Crippen molar-refractivity contribution in [2.24, 2.45) is 0 Å². The van der Waals surface area contributed by atoms with Gasteiger partial charge in [-0.15, -0.1) is 0 Å². The number of rotatable bonds is 3. The standard InChI is InChI=1S/C12H16BrN3O5S/c1-8-4-10(13)11(14-5-8)21-7-9-6-15(2)22(18,19)16(9)12(17)20-3/h4-5,9H,6-7H2,1-3H3/t9-/m0/s1. The molecule has 10 heteroatoms. The molecule has 2 rings (SSSR count). The van der Waals surface area contributed by atoms with E-state index in [1.54, 1.807) is 6.20 Å². The van der Waals surface area contributed by atoms with E-state index in [4.69, 9.17) is 4.74 Å². The number of hydrogen-bond acceptors (Lipinski definition) is 6. The number of methoxy groups -OCH3 is 1. The Morgan fingerprint density at radius 3 is 2.82 bits per heavy atom. The van der Waals surface area contributed by atoms with Gasteiger partial charge in [-0.25, -0.2) is 9.78 Å². The number of carbonyl (C=O) groups is 1. The van der Waals surface area contributed by atoms with Crippen molar-refractivity contribution in [3.8, 4) is 5.88 Å². The van der Waals surface area contributed by atoms with Gasteiger partial charge in [0, 0.05) is 19.8 Å². The second-order valence-electron chi connectivity index (χ2n) is 4.82. The van der Waals surface area contributed by atoms with Crippen molar-refractivity contribution in [3.63, 3.8) is 0 Å². The van der Waals surface area contributed by atoms with E-state index in [1.807, 2.05) is 13.0 Å². The zero-order chi connectivity index (χ0) is 16.5. The predicted molar refractivity (Wildman–Crippen MR) is 81.8 cm³/mol. The zero-order valence-electron chi connectivity index (χ0n) is 12.3. The summed E-state index contributed by atoms with van der Waals surface area (Å²) in [5.74, 6) is 0.336. The average molecular weight is 394 g/mol. The van der Waals surface area contributed by atoms with Crippen molar-refractivity contribution in [1.29, 1.82) is 0 Å². The van der Waals surface area contributed by atoms with Crippen LogP contribution in [0.3, 0.4) is 0 Å². The molecule has 2 heterocycles. The maximum Gasteiger partial charge on any atom is 0.424 e. The van der Waals surface area contributed by atoms with Gasteiger partial charge in [-0.1, -0.05) is 0 Å². The largest absolute Gasteiger partial charge is 0.475 e. The highest BCUT2D eigenvalue weighted by Gasteiger charge is 2.46. The van der Waals surface area contributed by atoms with Crippen molar-refractivity contribution in [3.05, 3.63) is 22.3 Å². The summed E-state index contributed by atoms with van der Waals surface area (Å²) < 4.78 is 36.7. The molecule has 1 aliphatic rings. The first-order valence-electron chi connectivity index (χ1n) is 6.36. The number of carbonyl (C=O) groups excluding carboxylic acids is 1. The summed E-state index contributed by atoms with van der Waals surface area (Å²) >= 11 is 3.33. The van der Waals surface area contributed by atoms with Gasteiger partial charge < -0.3 is 9.47 Å². The minimum absolute atomic E-state index is 0.0205. The fraction of sp³-hybridized carbons (Fsp3) is 0.500. The summed E-state index contributed by atoms with van der Waals surface area (Å²) in [6.07, 6.45) is 0.698. The van der Waals surface area contributed by atoms with Crippen LogP contribution in [0.4, 0.5) is 4.79 Å². The summed E-state index contributed by atoms with van der Waals surface area (Å²) in [6.45, 7) is 1.99. The molecule has 0 aromatic carbocycles. The van der Waals surface area contributed by atoms with Crippen LogP contribution < -0.4 is 4.74 Å². The molecule has 0 bridgehead atoms. The Morgan fingerprint density at radius 2 is 2.23 bits per heavy atom. The van der Waals surface area contributed by atoms with Gasteiger partial charge in [0.15, 0.2) is 0 Å². The lowest BCUT2D eigenvalue weighted by molar-refractivity contribution is 0.130. The highest BCUT2D eigenvalue weighted by Crippen LogP contribution is 2.26. The van der Waals surface area contributed by atoms with Crippen LogP contribution in [0.15, 0.2) is 16.7 Å². The SMILES string of the molecule is COC(=O)N1[C@H](COc2ncc(C)cc2Br)CN(C)S1(=O)=O. The van der Waals surface area contributed by atoms with E-state index < -0.39 is 22.3 Å². The van der Waals surface area contributed by atoms with Crippen LogP contribution in [0.2, 0.25) is 0 Å². The number of nitrogens with zero attached hydrogens (tertiary/aromatic N) is 3. The summed E-state index contributed by atoms with van der Waals surface area (Å²) in [7, 11) is -1.34. The number of amides is 1. The summed E-state index contributed by atoms with van der Waals surface area (Å²) in [5.41, 5.74) is 0.957. The highest BCUT2D eigenvalue weighted by molar-refractivity contribution is 9.10. The average Bonchev–Trinajstić information content (AvgIpc) is 2.67. The van der Waals surface area contributed by atoms with E-state index in [-0.39, 0.29) is 13.2 Å². The second-order valence-corrected chi connectivity index (χ2v) is 7.59. The Hall–Kier alpha value is -1.39. The molecule has 1 aliphatic heterocycles. The topological polar surface area (TPSA) is 89.0 Å². The molecule has 22 heavy (non-hydrogen) atoms. The molecule has 0 aliphatic carbocycles. The zero-order valence-corrected chi connectivity index (χ0v) is 14.7. The van der Waals surface area contributed by atoms with Crippen molar-refractivity contribution in [2.75, 3.05) is 27.3 Å². The molecule has 0 N–H and O–H groups in total. The van der Waals surface area contributed by atoms with E-state index in [2.05, 4.69) is 25.7 Å². The summed E-state index contributed by atoms with van der Waals surface area (Å²) in [5, 5.41) is 0. The van der Waals surface area contributed by atoms with E-state index in [0.29, 0.717) is 14.7 Å². The van der Waals surface area contributed by atoms with Crippen molar-refractivity contribution in [2.45, 2.75) is 13.0 Å². The van der Waals surface area contributed by atoms with Crippen molar-refractivity contribution in [1.82, 2.24) is 13.6 Å². The minimum Gasteiger partial charge on any atom is -0.475 e. The van der Waals surface area contributed by atoms with Crippen LogP contribution in [-0.2, 0) is 14.9 Å². The van der Waals surface area contributed by atoms with Crippen LogP contribution in [-0.4, -0.2) is 61.5 Å². The fourth-order valence-corrected chi connectivity index (χ4v) is 4.07. The lowest BCUT2D eigenvalue weighted by atomic mass is 10.3. The predicted octanol–water partition coefficient (Wildman–Crippen LogP) is 1.16. The normalized spacial score (nSPS) is 20.9. The van der Waals surface area contributed by atoms with Crippen molar-refractivity contribution >= 4 is 32.2 Å². The van der Waals surface area contributed by atoms with Gasteiger partial charge in [0.2, 0.25) is 5.88 Å². The third kappa shape index (κ3) is 3.18. The fourth-order valence-electron chi connectivity index (χ4n) is 2.06. The maximum absolute atomic E-state index is 12.1. The third-order valence-electron chi connectivity index (χ3n) is 3.15. The molecule has 1 amide bonds. The van der Waals surface area contributed by atoms with E-state index in [0.717, 1.165) is 17.0 Å². The quantitative estimate of drug-likeness (QED) is 0.765. The molecule has 0 radical (unpaired) electrons. The molecule has 1 aromatic rings. The smallest absolute Gasteiger partial charge is 0.424 e. The van der Waals surface area contributed by atoms with Crippen LogP contribution in [0, 0.1) is 6.92 Å². The number of halogens is 1. The second kappa shape index (κ2) is 6.39. The number of aromatic nitrogens is 1. The molecular weight excluding hydrogens is 378 g/mol. The van der Waals surface area contributed by atoms with Gasteiger partial charge in [0.05, 0.1) is 11.6 Å². The van der Waals surface area contributed by atoms with E-state index in [1.165, 1.54) is 7.05 Å². The summed E-state index contributed by atoms with van der Waals surface area (Å²) in [4.78, 5) is 15.8. The molecule has 1 saturated heterocycles. The van der Waals surface area contributed by atoms with E-state index >= 15 is 0 Å².